The third-order valence-corrected chi connectivity index (χ3v) is 4.27. The Labute approximate surface area is 151 Å². The number of esters is 1. The first-order valence-corrected chi connectivity index (χ1v) is 8.66. The predicted octanol–water partition coefficient (Wildman–Crippen LogP) is 2.63. The van der Waals surface area contributed by atoms with Gasteiger partial charge in [-0.15, -0.1) is 0 Å². The Morgan fingerprint density at radius 2 is 1.73 bits per heavy atom. The van der Waals surface area contributed by atoms with Crippen molar-refractivity contribution in [2.24, 2.45) is 0 Å². The van der Waals surface area contributed by atoms with E-state index in [2.05, 4.69) is 5.32 Å². The first kappa shape index (κ1) is 16.4. The molecule has 1 fully saturated rings. The van der Waals surface area contributed by atoms with Gasteiger partial charge in [-0.2, -0.15) is 0 Å². The van der Waals surface area contributed by atoms with Crippen molar-refractivity contribution in [3.8, 4) is 11.5 Å². The SMILES string of the molecule is O=C(O[C@H](C(=O)NC1CC1)c1ccccc1)c1ccc2c(c1)OCCO2. The van der Waals surface area contributed by atoms with E-state index >= 15 is 0 Å². The van der Waals surface area contributed by atoms with E-state index in [1.165, 1.54) is 0 Å². The number of carbonyl (C=O) groups is 2. The molecule has 2 aromatic carbocycles. The van der Waals surface area contributed by atoms with Crippen molar-refractivity contribution in [1.29, 1.82) is 0 Å². The van der Waals surface area contributed by atoms with Gasteiger partial charge >= 0.3 is 5.97 Å². The van der Waals surface area contributed by atoms with E-state index < -0.39 is 12.1 Å². The fraction of sp³-hybridized carbons (Fsp3) is 0.300. The Morgan fingerprint density at radius 3 is 2.46 bits per heavy atom. The van der Waals surface area contributed by atoms with Crippen LogP contribution in [0.25, 0.3) is 0 Å². The summed E-state index contributed by atoms with van der Waals surface area (Å²) in [6.45, 7) is 0.913. The van der Waals surface area contributed by atoms with Crippen LogP contribution in [0.15, 0.2) is 48.5 Å². The van der Waals surface area contributed by atoms with Gasteiger partial charge in [-0.1, -0.05) is 30.3 Å². The van der Waals surface area contributed by atoms with Crippen molar-refractivity contribution in [3.05, 3.63) is 59.7 Å². The standard InChI is InChI=1S/C20H19NO5/c22-19(21-15-7-8-15)18(13-4-2-1-3-5-13)26-20(23)14-6-9-16-17(12-14)25-11-10-24-16/h1-6,9,12,15,18H,7-8,10-11H2,(H,21,22)/t18-/m0/s1. The van der Waals surface area contributed by atoms with Crippen LogP contribution in [0.5, 0.6) is 11.5 Å². The van der Waals surface area contributed by atoms with Gasteiger partial charge in [-0.3, -0.25) is 4.79 Å². The van der Waals surface area contributed by atoms with Crippen LogP contribution >= 0.6 is 0 Å². The van der Waals surface area contributed by atoms with Gasteiger partial charge < -0.3 is 19.5 Å². The minimum Gasteiger partial charge on any atom is -0.486 e. The Morgan fingerprint density at radius 1 is 1.00 bits per heavy atom. The number of hydrogen-bond donors (Lipinski definition) is 1. The molecule has 26 heavy (non-hydrogen) atoms. The molecule has 1 saturated carbocycles. The van der Waals surface area contributed by atoms with E-state index in [1.54, 1.807) is 30.3 Å². The molecule has 0 unspecified atom stereocenters. The minimum atomic E-state index is -0.988. The van der Waals surface area contributed by atoms with Crippen molar-refractivity contribution < 1.29 is 23.8 Å². The van der Waals surface area contributed by atoms with Crippen molar-refractivity contribution >= 4 is 11.9 Å². The highest BCUT2D eigenvalue weighted by atomic mass is 16.6. The summed E-state index contributed by atoms with van der Waals surface area (Å²) in [5, 5.41) is 2.90. The highest BCUT2D eigenvalue weighted by Crippen LogP contribution is 2.31. The molecule has 1 heterocycles. The lowest BCUT2D eigenvalue weighted by atomic mass is 10.1. The fourth-order valence-corrected chi connectivity index (χ4v) is 2.75. The third kappa shape index (κ3) is 3.64. The molecule has 6 nitrogen and oxygen atoms in total. The average Bonchev–Trinajstić information content (AvgIpc) is 3.50. The number of hydrogen-bond acceptors (Lipinski definition) is 5. The van der Waals surface area contributed by atoms with Crippen LogP contribution in [-0.4, -0.2) is 31.1 Å². The minimum absolute atomic E-state index is 0.182. The topological polar surface area (TPSA) is 73.9 Å². The Kier molecular flexibility index (Phi) is 4.48. The predicted molar refractivity (Wildman–Crippen MR) is 93.2 cm³/mol. The van der Waals surface area contributed by atoms with E-state index in [4.69, 9.17) is 14.2 Å². The Balaban J connectivity index is 1.54. The number of nitrogens with one attached hydrogen (secondary N) is 1. The molecule has 0 spiro atoms. The number of fused-ring (bicyclic) bond motifs is 1. The fourth-order valence-electron chi connectivity index (χ4n) is 2.75. The zero-order valence-corrected chi connectivity index (χ0v) is 14.1. The molecule has 134 valence electrons. The highest BCUT2D eigenvalue weighted by molar-refractivity contribution is 5.93. The molecule has 0 saturated heterocycles. The molecular weight excluding hydrogens is 334 g/mol. The molecule has 1 aliphatic heterocycles. The smallest absolute Gasteiger partial charge is 0.339 e. The summed E-state index contributed by atoms with van der Waals surface area (Å²) in [6.07, 6.45) is 0.935. The molecule has 2 aromatic rings. The lowest BCUT2D eigenvalue weighted by Gasteiger charge is -2.20. The maximum atomic E-state index is 12.6. The van der Waals surface area contributed by atoms with Crippen LogP contribution in [0, 0.1) is 0 Å². The van der Waals surface area contributed by atoms with Gasteiger partial charge in [0.25, 0.3) is 5.91 Å². The monoisotopic (exact) mass is 353 g/mol. The molecule has 1 atom stereocenters. The maximum absolute atomic E-state index is 12.6. The normalized spacial score (nSPS) is 16.5. The molecule has 0 radical (unpaired) electrons. The average molecular weight is 353 g/mol. The lowest BCUT2D eigenvalue weighted by Crippen LogP contribution is -2.33. The van der Waals surface area contributed by atoms with E-state index in [1.807, 2.05) is 18.2 Å². The summed E-state index contributed by atoms with van der Waals surface area (Å²) in [5.74, 6) is 0.217. The van der Waals surface area contributed by atoms with E-state index in [-0.39, 0.29) is 11.9 Å². The number of benzene rings is 2. The van der Waals surface area contributed by atoms with Crippen LogP contribution in [0.1, 0.15) is 34.9 Å². The summed E-state index contributed by atoms with van der Waals surface area (Å²) in [4.78, 5) is 25.2. The second-order valence-corrected chi connectivity index (χ2v) is 6.34. The van der Waals surface area contributed by atoms with Gasteiger partial charge in [0.15, 0.2) is 11.5 Å². The molecular formula is C20H19NO5. The van der Waals surface area contributed by atoms with Crippen molar-refractivity contribution in [2.45, 2.75) is 25.0 Å². The molecule has 1 amide bonds. The largest absolute Gasteiger partial charge is 0.486 e. The number of ether oxygens (including phenoxy) is 3. The number of rotatable bonds is 5. The second kappa shape index (κ2) is 7.07. The molecule has 1 aliphatic carbocycles. The third-order valence-electron chi connectivity index (χ3n) is 4.27. The Bertz CT molecular complexity index is 816. The number of carbonyl (C=O) groups excluding carboxylic acids is 2. The zero-order chi connectivity index (χ0) is 17.9. The van der Waals surface area contributed by atoms with Gasteiger partial charge in [0.1, 0.15) is 13.2 Å². The molecule has 6 heteroatoms. The van der Waals surface area contributed by atoms with Crippen molar-refractivity contribution in [1.82, 2.24) is 5.32 Å². The molecule has 4 rings (SSSR count). The van der Waals surface area contributed by atoms with E-state index in [9.17, 15) is 9.59 Å². The molecule has 0 aromatic heterocycles. The zero-order valence-electron chi connectivity index (χ0n) is 14.1. The second-order valence-electron chi connectivity index (χ2n) is 6.34. The summed E-state index contributed by atoms with van der Waals surface area (Å²) in [7, 11) is 0. The summed E-state index contributed by atoms with van der Waals surface area (Å²) >= 11 is 0. The van der Waals surface area contributed by atoms with E-state index in [0.717, 1.165) is 12.8 Å². The van der Waals surface area contributed by atoms with Gasteiger partial charge in [0.2, 0.25) is 6.10 Å². The van der Waals surface area contributed by atoms with Crippen molar-refractivity contribution in [2.75, 3.05) is 13.2 Å². The number of amides is 1. The summed E-state index contributed by atoms with van der Waals surface area (Å²) < 4.78 is 16.5. The highest BCUT2D eigenvalue weighted by Gasteiger charge is 2.31. The molecule has 0 bridgehead atoms. The maximum Gasteiger partial charge on any atom is 0.339 e. The van der Waals surface area contributed by atoms with Gasteiger partial charge in [0.05, 0.1) is 5.56 Å². The Hall–Kier alpha value is -3.02. The van der Waals surface area contributed by atoms with Crippen LogP contribution in [0.2, 0.25) is 0 Å². The molecule has 1 N–H and O–H groups in total. The quantitative estimate of drug-likeness (QED) is 0.837. The molecule has 2 aliphatic rings. The van der Waals surface area contributed by atoms with Gasteiger partial charge in [-0.25, -0.2) is 4.79 Å². The first-order chi connectivity index (χ1) is 12.7. The van der Waals surface area contributed by atoms with Gasteiger partial charge in [-0.05, 0) is 31.0 Å². The van der Waals surface area contributed by atoms with Gasteiger partial charge in [0, 0.05) is 11.6 Å². The summed E-state index contributed by atoms with van der Waals surface area (Å²) in [6, 6.07) is 14.1. The van der Waals surface area contributed by atoms with Crippen LogP contribution in [-0.2, 0) is 9.53 Å². The lowest BCUT2D eigenvalue weighted by molar-refractivity contribution is -0.130. The van der Waals surface area contributed by atoms with Crippen LogP contribution in [0.4, 0.5) is 0 Å². The van der Waals surface area contributed by atoms with Crippen LogP contribution in [0.3, 0.4) is 0 Å². The van der Waals surface area contributed by atoms with E-state index in [0.29, 0.717) is 35.8 Å². The van der Waals surface area contributed by atoms with Crippen molar-refractivity contribution in [3.63, 3.8) is 0 Å². The summed E-state index contributed by atoms with van der Waals surface area (Å²) in [5.41, 5.74) is 0.950. The van der Waals surface area contributed by atoms with Crippen LogP contribution < -0.4 is 14.8 Å². The first-order valence-electron chi connectivity index (χ1n) is 8.66.